The molecule has 0 aliphatic rings. The second-order valence-corrected chi connectivity index (χ2v) is 3.66. The van der Waals surface area contributed by atoms with Gasteiger partial charge in [0.15, 0.2) is 0 Å². The van der Waals surface area contributed by atoms with Crippen molar-refractivity contribution in [3.8, 4) is 5.75 Å². The van der Waals surface area contributed by atoms with Crippen molar-refractivity contribution in [3.05, 3.63) is 29.8 Å². The average molecular weight is 214 g/mol. The van der Waals surface area contributed by atoms with Gasteiger partial charge in [-0.25, -0.2) is 8.78 Å². The first-order valence-corrected chi connectivity index (χ1v) is 5.10. The SMILES string of the molecule is Cc1ccccc1OC(C)CCC(F)F. The van der Waals surface area contributed by atoms with Crippen LogP contribution in [0, 0.1) is 6.92 Å². The van der Waals surface area contributed by atoms with E-state index < -0.39 is 6.43 Å². The number of alkyl halides is 2. The maximum Gasteiger partial charge on any atom is 0.238 e. The van der Waals surface area contributed by atoms with Crippen molar-refractivity contribution in [2.45, 2.75) is 39.2 Å². The first-order valence-electron chi connectivity index (χ1n) is 5.10. The third-order valence-electron chi connectivity index (χ3n) is 2.21. The number of halogens is 2. The smallest absolute Gasteiger partial charge is 0.238 e. The van der Waals surface area contributed by atoms with Crippen LogP contribution in [-0.4, -0.2) is 12.5 Å². The second kappa shape index (κ2) is 5.69. The predicted molar refractivity (Wildman–Crippen MR) is 56.5 cm³/mol. The molecule has 0 aliphatic carbocycles. The molecule has 3 heteroatoms. The van der Waals surface area contributed by atoms with Gasteiger partial charge >= 0.3 is 0 Å². The standard InChI is InChI=1S/C12H16F2O/c1-9-5-3-4-6-11(9)15-10(2)7-8-12(13)14/h3-6,10,12H,7-8H2,1-2H3. The molecule has 0 amide bonds. The molecule has 0 aliphatic heterocycles. The minimum absolute atomic E-state index is 0.104. The zero-order valence-corrected chi connectivity index (χ0v) is 9.04. The van der Waals surface area contributed by atoms with Gasteiger partial charge in [-0.2, -0.15) is 0 Å². The number of hydrogen-bond donors (Lipinski definition) is 0. The maximum absolute atomic E-state index is 12.0. The van der Waals surface area contributed by atoms with E-state index in [0.717, 1.165) is 11.3 Å². The Morgan fingerprint density at radius 1 is 1.20 bits per heavy atom. The fraction of sp³-hybridized carbons (Fsp3) is 0.500. The summed E-state index contributed by atoms with van der Waals surface area (Å²) >= 11 is 0. The first-order chi connectivity index (χ1) is 7.09. The van der Waals surface area contributed by atoms with Gasteiger partial charge in [-0.3, -0.25) is 0 Å². The summed E-state index contributed by atoms with van der Waals surface area (Å²) in [5, 5.41) is 0. The van der Waals surface area contributed by atoms with Gasteiger partial charge in [-0.05, 0) is 31.9 Å². The van der Waals surface area contributed by atoms with Crippen LogP contribution in [0.15, 0.2) is 24.3 Å². The highest BCUT2D eigenvalue weighted by Gasteiger charge is 2.09. The Morgan fingerprint density at radius 2 is 1.87 bits per heavy atom. The largest absolute Gasteiger partial charge is 0.490 e. The molecule has 1 rings (SSSR count). The Kier molecular flexibility index (Phi) is 4.53. The monoisotopic (exact) mass is 214 g/mol. The van der Waals surface area contributed by atoms with Gasteiger partial charge in [-0.1, -0.05) is 18.2 Å². The molecule has 1 unspecified atom stereocenters. The zero-order chi connectivity index (χ0) is 11.3. The molecular formula is C12H16F2O. The van der Waals surface area contributed by atoms with Crippen molar-refractivity contribution in [3.63, 3.8) is 0 Å². The van der Waals surface area contributed by atoms with E-state index in [-0.39, 0.29) is 12.5 Å². The summed E-state index contributed by atoms with van der Waals surface area (Å²) in [5.41, 5.74) is 1.03. The lowest BCUT2D eigenvalue weighted by Crippen LogP contribution is -2.13. The molecule has 0 saturated heterocycles. The van der Waals surface area contributed by atoms with E-state index in [0.29, 0.717) is 6.42 Å². The lowest BCUT2D eigenvalue weighted by Gasteiger charge is -2.15. The van der Waals surface area contributed by atoms with Gasteiger partial charge in [0.2, 0.25) is 6.43 Å². The van der Waals surface area contributed by atoms with E-state index in [4.69, 9.17) is 4.74 Å². The van der Waals surface area contributed by atoms with Gasteiger partial charge in [0, 0.05) is 6.42 Å². The van der Waals surface area contributed by atoms with Gasteiger partial charge in [0.05, 0.1) is 6.10 Å². The number of aryl methyl sites for hydroxylation is 1. The molecule has 0 fully saturated rings. The molecule has 0 spiro atoms. The van der Waals surface area contributed by atoms with Crippen molar-refractivity contribution in [2.75, 3.05) is 0 Å². The van der Waals surface area contributed by atoms with E-state index in [1.807, 2.05) is 38.1 Å². The second-order valence-electron chi connectivity index (χ2n) is 3.66. The van der Waals surface area contributed by atoms with Crippen LogP contribution < -0.4 is 4.74 Å². The Labute approximate surface area is 89.1 Å². The number of benzene rings is 1. The molecule has 84 valence electrons. The average Bonchev–Trinajstić information content (AvgIpc) is 2.18. The minimum Gasteiger partial charge on any atom is -0.490 e. The molecule has 0 bridgehead atoms. The Hall–Kier alpha value is -1.12. The number of rotatable bonds is 5. The lowest BCUT2D eigenvalue weighted by molar-refractivity contribution is 0.110. The van der Waals surface area contributed by atoms with Gasteiger partial charge in [0.1, 0.15) is 5.75 Å². The summed E-state index contributed by atoms with van der Waals surface area (Å²) in [4.78, 5) is 0. The van der Waals surface area contributed by atoms with Crippen molar-refractivity contribution in [2.24, 2.45) is 0 Å². The van der Waals surface area contributed by atoms with Gasteiger partial charge in [0.25, 0.3) is 0 Å². The third-order valence-corrected chi connectivity index (χ3v) is 2.21. The van der Waals surface area contributed by atoms with Crippen LogP contribution in [0.2, 0.25) is 0 Å². The highest BCUT2D eigenvalue weighted by Crippen LogP contribution is 2.19. The Morgan fingerprint density at radius 3 is 2.47 bits per heavy atom. The highest BCUT2D eigenvalue weighted by atomic mass is 19.3. The van der Waals surface area contributed by atoms with Crippen molar-refractivity contribution < 1.29 is 13.5 Å². The first kappa shape index (κ1) is 12.0. The van der Waals surface area contributed by atoms with Crippen LogP contribution >= 0.6 is 0 Å². The van der Waals surface area contributed by atoms with Crippen LogP contribution in [0.1, 0.15) is 25.3 Å². The van der Waals surface area contributed by atoms with E-state index in [1.54, 1.807) is 0 Å². The molecule has 0 saturated carbocycles. The number of para-hydroxylation sites is 1. The quantitative estimate of drug-likeness (QED) is 0.724. The van der Waals surface area contributed by atoms with Crippen LogP contribution in [0.5, 0.6) is 5.75 Å². The highest BCUT2D eigenvalue weighted by molar-refractivity contribution is 5.31. The summed E-state index contributed by atoms with van der Waals surface area (Å²) in [6.07, 6.45) is -2.13. The normalized spacial score (nSPS) is 12.9. The molecule has 0 aromatic heterocycles. The van der Waals surface area contributed by atoms with Crippen LogP contribution in [0.3, 0.4) is 0 Å². The lowest BCUT2D eigenvalue weighted by atomic mass is 10.2. The summed E-state index contributed by atoms with van der Waals surface area (Å²) in [5.74, 6) is 0.777. The molecule has 1 nitrogen and oxygen atoms in total. The predicted octanol–water partition coefficient (Wildman–Crippen LogP) is 3.81. The zero-order valence-electron chi connectivity index (χ0n) is 9.04. The summed E-state index contributed by atoms with van der Waals surface area (Å²) in [6.45, 7) is 3.75. The van der Waals surface area contributed by atoms with Crippen molar-refractivity contribution in [1.29, 1.82) is 0 Å². The summed E-state index contributed by atoms with van der Waals surface area (Å²) < 4.78 is 29.5. The molecule has 1 aromatic rings. The van der Waals surface area contributed by atoms with E-state index in [2.05, 4.69) is 0 Å². The number of ether oxygens (including phenoxy) is 1. The van der Waals surface area contributed by atoms with E-state index >= 15 is 0 Å². The molecular weight excluding hydrogens is 198 g/mol. The Bertz CT molecular complexity index is 299. The molecule has 1 aromatic carbocycles. The van der Waals surface area contributed by atoms with E-state index in [1.165, 1.54) is 0 Å². The van der Waals surface area contributed by atoms with Gasteiger partial charge in [-0.15, -0.1) is 0 Å². The van der Waals surface area contributed by atoms with Crippen LogP contribution in [-0.2, 0) is 0 Å². The molecule has 1 atom stereocenters. The fourth-order valence-electron chi connectivity index (χ4n) is 1.33. The molecule has 0 radical (unpaired) electrons. The van der Waals surface area contributed by atoms with Crippen LogP contribution in [0.4, 0.5) is 8.78 Å². The topological polar surface area (TPSA) is 9.23 Å². The summed E-state index contributed by atoms with van der Waals surface area (Å²) in [7, 11) is 0. The van der Waals surface area contributed by atoms with Crippen LogP contribution in [0.25, 0.3) is 0 Å². The fourth-order valence-corrected chi connectivity index (χ4v) is 1.33. The molecule has 15 heavy (non-hydrogen) atoms. The Balaban J connectivity index is 2.44. The maximum atomic E-state index is 12.0. The van der Waals surface area contributed by atoms with Crippen molar-refractivity contribution in [1.82, 2.24) is 0 Å². The third kappa shape index (κ3) is 4.28. The summed E-state index contributed by atoms with van der Waals surface area (Å²) in [6, 6.07) is 7.59. The minimum atomic E-state index is -2.24. The molecule has 0 heterocycles. The number of hydrogen-bond acceptors (Lipinski definition) is 1. The van der Waals surface area contributed by atoms with Gasteiger partial charge < -0.3 is 4.74 Å². The van der Waals surface area contributed by atoms with Crippen molar-refractivity contribution >= 4 is 0 Å². The molecule has 0 N–H and O–H groups in total. The van der Waals surface area contributed by atoms with E-state index in [9.17, 15) is 8.78 Å².